The summed E-state index contributed by atoms with van der Waals surface area (Å²) in [6.07, 6.45) is 10.1. The highest BCUT2D eigenvalue weighted by Gasteiger charge is 2.37. The van der Waals surface area contributed by atoms with E-state index in [4.69, 9.17) is 0 Å². The Hall–Kier alpha value is -4.41. The highest BCUT2D eigenvalue weighted by atomic mass is 32.2. The Kier molecular flexibility index (Phi) is 6.41. The van der Waals surface area contributed by atoms with Gasteiger partial charge >= 0.3 is 0 Å². The Morgan fingerprint density at radius 1 is 1.13 bits per heavy atom. The predicted octanol–water partition coefficient (Wildman–Crippen LogP) is 1.95. The van der Waals surface area contributed by atoms with E-state index in [1.54, 1.807) is 23.1 Å². The first-order valence-electron chi connectivity index (χ1n) is 12.5. The van der Waals surface area contributed by atoms with Crippen molar-refractivity contribution in [3.05, 3.63) is 66.0 Å². The molecule has 1 aliphatic carbocycles. The van der Waals surface area contributed by atoms with Crippen LogP contribution in [0, 0.1) is 11.8 Å². The number of hydrogen-bond donors (Lipinski definition) is 2. The summed E-state index contributed by atoms with van der Waals surface area (Å²) in [5.41, 5.74) is 2.68. The van der Waals surface area contributed by atoms with Crippen molar-refractivity contribution in [1.82, 2.24) is 39.2 Å². The lowest BCUT2D eigenvalue weighted by atomic mass is 9.94. The Labute approximate surface area is 225 Å². The van der Waals surface area contributed by atoms with Crippen molar-refractivity contribution in [2.45, 2.75) is 37.0 Å². The van der Waals surface area contributed by atoms with Crippen LogP contribution >= 0.6 is 0 Å². The monoisotopic (exact) mass is 543 g/mol. The molecule has 13 heteroatoms. The van der Waals surface area contributed by atoms with E-state index in [0.29, 0.717) is 66.5 Å². The quantitative estimate of drug-likeness (QED) is 0.346. The van der Waals surface area contributed by atoms with E-state index in [0.717, 1.165) is 9.65 Å². The largest absolute Gasteiger partial charge is 0.325 e. The van der Waals surface area contributed by atoms with Gasteiger partial charge in [0.25, 0.3) is 10.0 Å². The van der Waals surface area contributed by atoms with Gasteiger partial charge in [0.15, 0.2) is 5.82 Å². The second-order valence-electron chi connectivity index (χ2n) is 9.52. The standard InChI is InChI=1S/C26H25N9O3S/c1-34-11-8-19(33-34)3-2-17-14-29-25(13-22(17)23-12-20(36)6-9-27-23)31-24-7-10-28-26(32-24)18-15-30-35(16-18)39(37,38)21-4-5-21/h7-8,10-11,13-16,21,23,27H,4-6,9,12H2,1H3,(H,28,29,31,32). The van der Waals surface area contributed by atoms with Crippen LogP contribution in [0.1, 0.15) is 48.5 Å². The van der Waals surface area contributed by atoms with Crippen molar-refractivity contribution in [2.75, 3.05) is 11.9 Å². The number of carbonyl (C=O) groups is 1. The number of ketones is 1. The highest BCUT2D eigenvalue weighted by Crippen LogP contribution is 2.30. The van der Waals surface area contributed by atoms with Crippen molar-refractivity contribution in [2.24, 2.45) is 7.05 Å². The van der Waals surface area contributed by atoms with Gasteiger partial charge in [0.2, 0.25) is 0 Å². The SMILES string of the molecule is Cn1ccc(C#Cc2cnc(Nc3ccnc(-c4cnn(S(=O)(=O)C5CC5)c4)n3)cc2C2CC(=O)CCN2)n1. The minimum Gasteiger partial charge on any atom is -0.325 e. The molecule has 0 aromatic carbocycles. The van der Waals surface area contributed by atoms with Gasteiger partial charge in [0.1, 0.15) is 23.1 Å². The van der Waals surface area contributed by atoms with Crippen molar-refractivity contribution >= 4 is 27.4 Å². The molecule has 12 nitrogen and oxygen atoms in total. The van der Waals surface area contributed by atoms with Crippen LogP contribution < -0.4 is 10.6 Å². The molecule has 0 radical (unpaired) electrons. The minimum absolute atomic E-state index is 0.192. The average molecular weight is 544 g/mol. The summed E-state index contributed by atoms with van der Waals surface area (Å²) in [5, 5.41) is 14.6. The van der Waals surface area contributed by atoms with E-state index < -0.39 is 10.0 Å². The molecule has 2 N–H and O–H groups in total. The molecule has 4 aromatic rings. The topological polar surface area (TPSA) is 150 Å². The van der Waals surface area contributed by atoms with Gasteiger partial charge in [-0.1, -0.05) is 5.92 Å². The lowest BCUT2D eigenvalue weighted by Gasteiger charge is -2.24. The van der Waals surface area contributed by atoms with Crippen LogP contribution in [0.3, 0.4) is 0 Å². The fourth-order valence-corrected chi connectivity index (χ4v) is 5.81. The molecule has 1 saturated heterocycles. The first-order chi connectivity index (χ1) is 18.8. The van der Waals surface area contributed by atoms with E-state index in [-0.39, 0.29) is 17.1 Å². The second kappa shape index (κ2) is 10.0. The van der Waals surface area contributed by atoms with Gasteiger partial charge in [-0.15, -0.1) is 0 Å². The predicted molar refractivity (Wildman–Crippen MR) is 142 cm³/mol. The molecule has 1 aliphatic heterocycles. The Balaban J connectivity index is 1.28. The van der Waals surface area contributed by atoms with Gasteiger partial charge in [-0.3, -0.25) is 9.48 Å². The molecule has 2 aliphatic rings. The third-order valence-electron chi connectivity index (χ3n) is 6.51. The zero-order valence-electron chi connectivity index (χ0n) is 21.1. The molecular weight excluding hydrogens is 518 g/mol. The van der Waals surface area contributed by atoms with Crippen molar-refractivity contribution in [3.8, 4) is 23.2 Å². The van der Waals surface area contributed by atoms with Gasteiger partial charge in [0.05, 0.1) is 23.2 Å². The van der Waals surface area contributed by atoms with Gasteiger partial charge in [-0.2, -0.15) is 14.3 Å². The molecule has 1 unspecified atom stereocenters. The van der Waals surface area contributed by atoms with Crippen LogP contribution in [0.25, 0.3) is 11.4 Å². The Morgan fingerprint density at radius 3 is 2.77 bits per heavy atom. The van der Waals surface area contributed by atoms with Gasteiger partial charge < -0.3 is 10.6 Å². The number of nitrogens with zero attached hydrogens (tertiary/aromatic N) is 7. The second-order valence-corrected chi connectivity index (χ2v) is 11.6. The van der Waals surface area contributed by atoms with Crippen LogP contribution in [-0.4, -0.2) is 59.9 Å². The molecule has 0 bridgehead atoms. The van der Waals surface area contributed by atoms with Crippen molar-refractivity contribution < 1.29 is 13.2 Å². The summed E-state index contributed by atoms with van der Waals surface area (Å²) >= 11 is 0. The summed E-state index contributed by atoms with van der Waals surface area (Å²) < 4.78 is 27.7. The molecule has 2 fully saturated rings. The fraction of sp³-hybridized carbons (Fsp3) is 0.308. The Bertz CT molecular complexity index is 1730. The minimum atomic E-state index is -3.48. The van der Waals surface area contributed by atoms with Gasteiger partial charge in [0, 0.05) is 56.6 Å². The maximum Gasteiger partial charge on any atom is 0.256 e. The van der Waals surface area contributed by atoms with E-state index in [1.165, 1.54) is 12.4 Å². The lowest BCUT2D eigenvalue weighted by Crippen LogP contribution is -2.32. The summed E-state index contributed by atoms with van der Waals surface area (Å²) in [4.78, 5) is 25.5. The average Bonchev–Trinajstić information content (AvgIpc) is 3.53. The molecule has 39 heavy (non-hydrogen) atoms. The van der Waals surface area contributed by atoms with E-state index in [2.05, 4.69) is 47.6 Å². The third kappa shape index (κ3) is 5.43. The van der Waals surface area contributed by atoms with Crippen LogP contribution in [0.2, 0.25) is 0 Å². The first-order valence-corrected chi connectivity index (χ1v) is 14.0. The van der Waals surface area contributed by atoms with E-state index in [1.807, 2.05) is 25.4 Å². The lowest BCUT2D eigenvalue weighted by molar-refractivity contribution is -0.120. The normalized spacial score (nSPS) is 17.5. The number of carbonyl (C=O) groups excluding carboxylic acids is 1. The van der Waals surface area contributed by atoms with E-state index >= 15 is 0 Å². The van der Waals surface area contributed by atoms with Crippen LogP contribution in [0.5, 0.6) is 0 Å². The Morgan fingerprint density at radius 2 is 2.00 bits per heavy atom. The number of hydrogen-bond acceptors (Lipinski definition) is 10. The number of aromatic nitrogens is 7. The first kappa shape index (κ1) is 24.9. The highest BCUT2D eigenvalue weighted by molar-refractivity contribution is 7.90. The third-order valence-corrected chi connectivity index (χ3v) is 8.55. The van der Waals surface area contributed by atoms with Crippen LogP contribution in [0.4, 0.5) is 11.6 Å². The number of pyridine rings is 1. The maximum absolute atomic E-state index is 12.5. The molecule has 198 valence electrons. The molecule has 4 aromatic heterocycles. The van der Waals surface area contributed by atoms with Crippen molar-refractivity contribution in [3.63, 3.8) is 0 Å². The number of nitrogens with one attached hydrogen (secondary N) is 2. The molecule has 1 saturated carbocycles. The van der Waals surface area contributed by atoms with Gasteiger partial charge in [-0.05, 0) is 42.5 Å². The zero-order chi connectivity index (χ0) is 27.0. The molecule has 0 spiro atoms. The molecule has 1 atom stereocenters. The molecule has 6 rings (SSSR count). The zero-order valence-corrected chi connectivity index (χ0v) is 21.9. The summed E-state index contributed by atoms with van der Waals surface area (Å²) in [6, 6.07) is 5.19. The smallest absolute Gasteiger partial charge is 0.256 e. The summed E-state index contributed by atoms with van der Waals surface area (Å²) in [6.45, 7) is 0.598. The fourth-order valence-electron chi connectivity index (χ4n) is 4.33. The maximum atomic E-state index is 12.5. The summed E-state index contributed by atoms with van der Waals surface area (Å²) in [7, 11) is -1.65. The van der Waals surface area contributed by atoms with E-state index in [9.17, 15) is 13.2 Å². The number of anilines is 2. The molecular formula is C26H25N9O3S. The van der Waals surface area contributed by atoms with Gasteiger partial charge in [-0.25, -0.2) is 23.4 Å². The van der Waals surface area contributed by atoms with Crippen molar-refractivity contribution in [1.29, 1.82) is 0 Å². The number of Topliss-reactive ketones (excluding diaryl/α,β-unsaturated/α-hetero) is 1. The number of rotatable bonds is 6. The van der Waals surface area contributed by atoms with Crippen LogP contribution in [0.15, 0.2) is 49.2 Å². The van der Waals surface area contributed by atoms with Crippen LogP contribution in [-0.2, 0) is 21.9 Å². The summed E-state index contributed by atoms with van der Waals surface area (Å²) in [5.74, 6) is 7.72. The molecule has 0 amide bonds. The number of aryl methyl sites for hydroxylation is 1. The molecule has 5 heterocycles. The number of piperidine rings is 1.